The van der Waals surface area contributed by atoms with Crippen LogP contribution >= 0.6 is 11.3 Å². The zero-order valence-corrected chi connectivity index (χ0v) is 11.1. The number of thiazole rings is 1. The Morgan fingerprint density at radius 1 is 1.40 bits per heavy atom. The summed E-state index contributed by atoms with van der Waals surface area (Å²) in [5, 5.41) is 1.29. The van der Waals surface area contributed by atoms with Gasteiger partial charge in [0, 0.05) is 29.3 Å². The Morgan fingerprint density at radius 3 is 2.67 bits per heavy atom. The molecule has 0 radical (unpaired) electrons. The summed E-state index contributed by atoms with van der Waals surface area (Å²) in [5.41, 5.74) is 1.51. The minimum absolute atomic E-state index is 0.195. The Balaban J connectivity index is 2.39. The van der Waals surface area contributed by atoms with Gasteiger partial charge in [-0.05, 0) is 7.05 Å². The molecule has 0 spiro atoms. The van der Waals surface area contributed by atoms with E-state index in [9.17, 15) is 0 Å². The minimum Gasteiger partial charge on any atom is -0.300 e. The first kappa shape index (κ1) is 11.1. The highest BCUT2D eigenvalue weighted by Crippen LogP contribution is 2.36. The molecule has 0 saturated carbocycles. The van der Waals surface area contributed by atoms with E-state index >= 15 is 0 Å². The number of nitrogens with zero attached hydrogens (tertiary/aromatic N) is 2. The Morgan fingerprint density at radius 2 is 2.07 bits per heavy atom. The number of likely N-dealkylation sites (N-methyl/N-ethyl adjacent to an activating group) is 1. The van der Waals surface area contributed by atoms with Gasteiger partial charge >= 0.3 is 0 Å². The SMILES string of the molecule is CC1CN(C)Cc2nc(C(C)(C)C)sc21. The van der Waals surface area contributed by atoms with Crippen LogP contribution in [0.1, 0.15) is 49.2 Å². The van der Waals surface area contributed by atoms with Gasteiger partial charge in [-0.1, -0.05) is 27.7 Å². The smallest absolute Gasteiger partial charge is 0.0985 e. The zero-order chi connectivity index (χ0) is 11.2. The molecule has 0 fully saturated rings. The third-order valence-corrected chi connectivity index (χ3v) is 4.58. The molecule has 0 bridgehead atoms. The van der Waals surface area contributed by atoms with Gasteiger partial charge in [0.25, 0.3) is 0 Å². The van der Waals surface area contributed by atoms with Gasteiger partial charge in [0.2, 0.25) is 0 Å². The molecule has 15 heavy (non-hydrogen) atoms. The first-order valence-corrected chi connectivity index (χ1v) is 6.38. The molecule has 1 aromatic heterocycles. The summed E-state index contributed by atoms with van der Waals surface area (Å²) in [7, 11) is 2.18. The van der Waals surface area contributed by atoms with E-state index < -0.39 is 0 Å². The first-order valence-electron chi connectivity index (χ1n) is 5.56. The lowest BCUT2D eigenvalue weighted by atomic mass is 9.98. The van der Waals surface area contributed by atoms with E-state index in [1.165, 1.54) is 22.1 Å². The lowest BCUT2D eigenvalue weighted by Crippen LogP contribution is -2.28. The maximum Gasteiger partial charge on any atom is 0.0985 e. The van der Waals surface area contributed by atoms with E-state index in [1.54, 1.807) is 0 Å². The van der Waals surface area contributed by atoms with Crippen molar-refractivity contribution in [1.82, 2.24) is 9.88 Å². The van der Waals surface area contributed by atoms with Crippen LogP contribution in [0.15, 0.2) is 0 Å². The Kier molecular flexibility index (Phi) is 2.63. The highest BCUT2D eigenvalue weighted by Gasteiger charge is 2.27. The van der Waals surface area contributed by atoms with Crippen molar-refractivity contribution in [2.75, 3.05) is 13.6 Å². The molecule has 0 aromatic carbocycles. The van der Waals surface area contributed by atoms with Gasteiger partial charge in [-0.15, -0.1) is 11.3 Å². The number of hydrogen-bond donors (Lipinski definition) is 0. The largest absolute Gasteiger partial charge is 0.300 e. The highest BCUT2D eigenvalue weighted by atomic mass is 32.1. The van der Waals surface area contributed by atoms with Crippen LogP contribution in [-0.2, 0) is 12.0 Å². The normalized spacial score (nSPS) is 22.9. The molecule has 84 valence electrons. The zero-order valence-electron chi connectivity index (χ0n) is 10.3. The summed E-state index contributed by atoms with van der Waals surface area (Å²) < 4.78 is 0. The van der Waals surface area contributed by atoms with E-state index in [4.69, 9.17) is 4.98 Å². The first-order chi connectivity index (χ1) is 6.88. The molecule has 1 aromatic rings. The van der Waals surface area contributed by atoms with Crippen LogP contribution in [0.5, 0.6) is 0 Å². The topological polar surface area (TPSA) is 16.1 Å². The second kappa shape index (κ2) is 3.56. The van der Waals surface area contributed by atoms with E-state index in [0.717, 1.165) is 6.54 Å². The summed E-state index contributed by atoms with van der Waals surface area (Å²) in [6.07, 6.45) is 0. The van der Waals surface area contributed by atoms with Crippen LogP contribution in [0.3, 0.4) is 0 Å². The quantitative estimate of drug-likeness (QED) is 0.673. The molecule has 0 aliphatic carbocycles. The predicted molar refractivity (Wildman–Crippen MR) is 65.6 cm³/mol. The molecular weight excluding hydrogens is 204 g/mol. The van der Waals surface area contributed by atoms with Crippen molar-refractivity contribution in [2.45, 2.75) is 45.6 Å². The standard InChI is InChI=1S/C12H20N2S/c1-8-6-14(5)7-9-10(8)15-11(13-9)12(2,3)4/h8H,6-7H2,1-5H3. The average molecular weight is 224 g/mol. The van der Waals surface area contributed by atoms with Gasteiger partial charge in [0.1, 0.15) is 0 Å². The second-order valence-electron chi connectivity index (χ2n) is 5.68. The molecule has 1 aliphatic rings. The lowest BCUT2D eigenvalue weighted by molar-refractivity contribution is 0.286. The monoisotopic (exact) mass is 224 g/mol. The summed E-state index contributed by atoms with van der Waals surface area (Å²) >= 11 is 1.91. The van der Waals surface area contributed by atoms with Crippen LogP contribution in [0.25, 0.3) is 0 Å². The molecule has 2 nitrogen and oxygen atoms in total. The van der Waals surface area contributed by atoms with E-state index in [2.05, 4.69) is 39.6 Å². The molecule has 0 amide bonds. The molecule has 0 N–H and O–H groups in total. The summed E-state index contributed by atoms with van der Waals surface area (Å²) in [6.45, 7) is 11.2. The molecular formula is C12H20N2S. The Bertz CT molecular complexity index is 362. The molecule has 1 unspecified atom stereocenters. The maximum atomic E-state index is 4.80. The number of fused-ring (bicyclic) bond motifs is 1. The van der Waals surface area contributed by atoms with Crippen molar-refractivity contribution in [3.63, 3.8) is 0 Å². The van der Waals surface area contributed by atoms with E-state index in [1.807, 2.05) is 11.3 Å². The number of hydrogen-bond acceptors (Lipinski definition) is 3. The van der Waals surface area contributed by atoms with Gasteiger partial charge in [-0.2, -0.15) is 0 Å². The van der Waals surface area contributed by atoms with Gasteiger partial charge in [0.15, 0.2) is 0 Å². The van der Waals surface area contributed by atoms with Crippen molar-refractivity contribution in [2.24, 2.45) is 0 Å². The predicted octanol–water partition coefficient (Wildman–Crippen LogP) is 2.99. The molecule has 2 heterocycles. The van der Waals surface area contributed by atoms with Crippen molar-refractivity contribution in [3.8, 4) is 0 Å². The van der Waals surface area contributed by atoms with Gasteiger partial charge in [-0.25, -0.2) is 4.98 Å². The molecule has 3 heteroatoms. The third-order valence-electron chi connectivity index (χ3n) is 2.82. The lowest BCUT2D eigenvalue weighted by Gasteiger charge is -2.26. The fourth-order valence-electron chi connectivity index (χ4n) is 2.05. The van der Waals surface area contributed by atoms with Crippen molar-refractivity contribution in [1.29, 1.82) is 0 Å². The Hall–Kier alpha value is -0.410. The average Bonchev–Trinajstić information content (AvgIpc) is 2.46. The van der Waals surface area contributed by atoms with Crippen LogP contribution in [0, 0.1) is 0 Å². The van der Waals surface area contributed by atoms with E-state index in [0.29, 0.717) is 5.92 Å². The van der Waals surface area contributed by atoms with Gasteiger partial charge in [-0.3, -0.25) is 4.90 Å². The van der Waals surface area contributed by atoms with Crippen LogP contribution in [0.4, 0.5) is 0 Å². The fourth-order valence-corrected chi connectivity index (χ4v) is 3.23. The molecule has 2 rings (SSSR count). The van der Waals surface area contributed by atoms with Crippen LogP contribution < -0.4 is 0 Å². The van der Waals surface area contributed by atoms with Gasteiger partial charge < -0.3 is 0 Å². The molecule has 0 saturated heterocycles. The number of rotatable bonds is 0. The van der Waals surface area contributed by atoms with Crippen LogP contribution in [-0.4, -0.2) is 23.5 Å². The van der Waals surface area contributed by atoms with Crippen LogP contribution in [0.2, 0.25) is 0 Å². The summed E-state index contributed by atoms with van der Waals surface area (Å²) in [4.78, 5) is 8.67. The van der Waals surface area contributed by atoms with Crippen molar-refractivity contribution >= 4 is 11.3 Å². The Labute approximate surface area is 96.3 Å². The number of aromatic nitrogens is 1. The van der Waals surface area contributed by atoms with Crippen molar-refractivity contribution < 1.29 is 0 Å². The minimum atomic E-state index is 0.195. The highest BCUT2D eigenvalue weighted by molar-refractivity contribution is 7.12. The molecule has 1 aliphatic heterocycles. The van der Waals surface area contributed by atoms with Crippen molar-refractivity contribution in [3.05, 3.63) is 15.6 Å². The second-order valence-corrected chi connectivity index (χ2v) is 6.71. The third kappa shape index (κ3) is 2.08. The maximum absolute atomic E-state index is 4.80. The van der Waals surface area contributed by atoms with Gasteiger partial charge in [0.05, 0.1) is 10.7 Å². The molecule has 1 atom stereocenters. The van der Waals surface area contributed by atoms with E-state index in [-0.39, 0.29) is 5.41 Å². The summed E-state index contributed by atoms with van der Waals surface area (Å²) in [5.74, 6) is 0.646. The fraction of sp³-hybridized carbons (Fsp3) is 0.750. The summed E-state index contributed by atoms with van der Waals surface area (Å²) in [6, 6.07) is 0.